The first-order chi connectivity index (χ1) is 7.59. The Morgan fingerprint density at radius 1 is 1.69 bits per heavy atom. The first kappa shape index (κ1) is 11.5. The number of nitrogens with zero attached hydrogens (tertiary/aromatic N) is 2. The van der Waals surface area contributed by atoms with Crippen molar-refractivity contribution in [1.29, 1.82) is 0 Å². The molecule has 1 fully saturated rings. The monoisotopic (exact) mass is 240 g/mol. The molecule has 0 aromatic carbocycles. The van der Waals surface area contributed by atoms with Gasteiger partial charge in [-0.3, -0.25) is 4.79 Å². The van der Waals surface area contributed by atoms with Crippen LogP contribution in [0, 0.1) is 5.41 Å². The number of aromatic nitrogens is 2. The summed E-state index contributed by atoms with van der Waals surface area (Å²) >= 11 is 1.06. The van der Waals surface area contributed by atoms with Crippen molar-refractivity contribution in [3.05, 3.63) is 11.9 Å². The number of hydrogen-bond donors (Lipinski definition) is 2. The van der Waals surface area contributed by atoms with Crippen LogP contribution in [0.1, 0.15) is 30.8 Å². The van der Waals surface area contributed by atoms with E-state index >= 15 is 0 Å². The van der Waals surface area contributed by atoms with Crippen molar-refractivity contribution in [1.82, 2.24) is 19.4 Å². The van der Waals surface area contributed by atoms with Gasteiger partial charge in [0.25, 0.3) is 5.91 Å². The van der Waals surface area contributed by atoms with E-state index in [-0.39, 0.29) is 17.4 Å². The predicted octanol–water partition coefficient (Wildman–Crippen LogP) is 0.656. The predicted molar refractivity (Wildman–Crippen MR) is 62.4 cm³/mol. The minimum absolute atomic E-state index is 0.0807. The molecule has 1 saturated heterocycles. The molecule has 6 heteroatoms. The molecule has 0 radical (unpaired) electrons. The van der Waals surface area contributed by atoms with Gasteiger partial charge in [0.1, 0.15) is 0 Å². The van der Waals surface area contributed by atoms with Gasteiger partial charge in [0, 0.05) is 12.6 Å². The van der Waals surface area contributed by atoms with Crippen molar-refractivity contribution in [3.63, 3.8) is 0 Å². The van der Waals surface area contributed by atoms with Gasteiger partial charge in [0.05, 0.1) is 17.9 Å². The van der Waals surface area contributed by atoms with E-state index in [0.29, 0.717) is 5.69 Å². The summed E-state index contributed by atoms with van der Waals surface area (Å²) in [5.74, 6) is -0.117. The lowest BCUT2D eigenvalue weighted by Crippen LogP contribution is -2.54. The van der Waals surface area contributed by atoms with Gasteiger partial charge in [-0.2, -0.15) is 8.75 Å². The van der Waals surface area contributed by atoms with Crippen molar-refractivity contribution in [3.8, 4) is 0 Å². The van der Waals surface area contributed by atoms with Crippen molar-refractivity contribution in [2.75, 3.05) is 13.1 Å². The Bertz CT molecular complexity index is 363. The number of carbonyl (C=O) groups is 1. The van der Waals surface area contributed by atoms with E-state index in [1.807, 2.05) is 0 Å². The van der Waals surface area contributed by atoms with Crippen molar-refractivity contribution in [2.24, 2.45) is 5.41 Å². The molecular weight excluding hydrogens is 224 g/mol. The van der Waals surface area contributed by atoms with Crippen molar-refractivity contribution in [2.45, 2.75) is 26.3 Å². The van der Waals surface area contributed by atoms with Crippen LogP contribution in [0.25, 0.3) is 0 Å². The number of hydrogen-bond acceptors (Lipinski definition) is 5. The molecule has 1 aliphatic rings. The number of piperidine rings is 1. The molecular formula is C10H16N4OS. The van der Waals surface area contributed by atoms with Crippen LogP contribution in [0.5, 0.6) is 0 Å². The van der Waals surface area contributed by atoms with Crippen molar-refractivity contribution < 1.29 is 4.79 Å². The third-order valence-corrected chi connectivity index (χ3v) is 3.51. The zero-order valence-electron chi connectivity index (χ0n) is 9.49. The normalized spacial score (nSPS) is 24.0. The van der Waals surface area contributed by atoms with Crippen LogP contribution < -0.4 is 10.6 Å². The summed E-state index contributed by atoms with van der Waals surface area (Å²) in [6, 6.07) is 0.197. The summed E-state index contributed by atoms with van der Waals surface area (Å²) in [6.07, 6.45) is 2.46. The van der Waals surface area contributed by atoms with Crippen LogP contribution >= 0.6 is 11.7 Å². The third-order valence-electron chi connectivity index (χ3n) is 3.03. The highest BCUT2D eigenvalue weighted by Crippen LogP contribution is 2.25. The van der Waals surface area contributed by atoms with E-state index in [2.05, 4.69) is 33.2 Å². The second-order valence-corrected chi connectivity index (χ2v) is 5.33. The summed E-state index contributed by atoms with van der Waals surface area (Å²) in [5, 5.41) is 6.37. The number of carbonyl (C=O) groups excluding carboxylic acids is 1. The average Bonchev–Trinajstić information content (AvgIpc) is 2.74. The molecule has 5 nitrogen and oxygen atoms in total. The molecule has 1 aromatic rings. The van der Waals surface area contributed by atoms with E-state index in [4.69, 9.17) is 0 Å². The van der Waals surface area contributed by atoms with Gasteiger partial charge in [-0.15, -0.1) is 0 Å². The largest absolute Gasteiger partial charge is 0.347 e. The summed E-state index contributed by atoms with van der Waals surface area (Å²) in [4.78, 5) is 11.8. The molecule has 1 atom stereocenters. The second-order valence-electron chi connectivity index (χ2n) is 4.77. The quantitative estimate of drug-likeness (QED) is 0.797. The highest BCUT2D eigenvalue weighted by molar-refractivity contribution is 6.99. The van der Waals surface area contributed by atoms with Crippen LogP contribution in [0.4, 0.5) is 0 Å². The molecule has 0 aliphatic carbocycles. The van der Waals surface area contributed by atoms with E-state index in [0.717, 1.165) is 31.2 Å². The highest BCUT2D eigenvalue weighted by Gasteiger charge is 2.33. The molecule has 1 amide bonds. The Balaban J connectivity index is 2.01. The van der Waals surface area contributed by atoms with E-state index in [1.54, 1.807) is 0 Å². The van der Waals surface area contributed by atoms with Gasteiger partial charge in [-0.25, -0.2) is 0 Å². The minimum atomic E-state index is -0.117. The molecule has 0 bridgehead atoms. The molecule has 0 spiro atoms. The zero-order chi connectivity index (χ0) is 11.6. The molecule has 1 aromatic heterocycles. The molecule has 16 heavy (non-hydrogen) atoms. The number of amides is 1. The third kappa shape index (κ3) is 2.38. The molecule has 2 rings (SSSR count). The topological polar surface area (TPSA) is 66.9 Å². The molecule has 2 heterocycles. The maximum absolute atomic E-state index is 11.8. The standard InChI is InChI=1S/C10H16N4OS/c1-10(2)6-11-4-3-8(10)13-9(15)7-5-12-16-14-7/h5,8,11H,3-4,6H2,1-2H3,(H,13,15). The number of nitrogens with one attached hydrogen (secondary N) is 2. The maximum atomic E-state index is 11.8. The van der Waals surface area contributed by atoms with Gasteiger partial charge < -0.3 is 10.6 Å². The summed E-state index contributed by atoms with van der Waals surface area (Å²) in [6.45, 7) is 6.18. The molecule has 0 saturated carbocycles. The lowest BCUT2D eigenvalue weighted by Gasteiger charge is -2.39. The highest BCUT2D eigenvalue weighted by atomic mass is 32.1. The first-order valence-corrected chi connectivity index (χ1v) is 6.12. The lowest BCUT2D eigenvalue weighted by atomic mass is 9.80. The second kappa shape index (κ2) is 4.47. The van der Waals surface area contributed by atoms with Gasteiger partial charge in [-0.1, -0.05) is 13.8 Å². The minimum Gasteiger partial charge on any atom is -0.347 e. The van der Waals surface area contributed by atoms with Gasteiger partial charge in [-0.05, 0) is 18.4 Å². The molecule has 1 aliphatic heterocycles. The Morgan fingerprint density at radius 2 is 2.50 bits per heavy atom. The van der Waals surface area contributed by atoms with Gasteiger partial charge >= 0.3 is 0 Å². The van der Waals surface area contributed by atoms with E-state index < -0.39 is 0 Å². The molecule has 2 N–H and O–H groups in total. The Hall–Kier alpha value is -1.01. The van der Waals surface area contributed by atoms with Crippen LogP contribution in [-0.4, -0.2) is 33.8 Å². The van der Waals surface area contributed by atoms with E-state index in [1.165, 1.54) is 6.20 Å². The maximum Gasteiger partial charge on any atom is 0.272 e. The molecule has 88 valence electrons. The van der Waals surface area contributed by atoms with Crippen LogP contribution in [-0.2, 0) is 0 Å². The van der Waals surface area contributed by atoms with Crippen LogP contribution in [0.3, 0.4) is 0 Å². The summed E-state index contributed by atoms with van der Waals surface area (Å²) in [7, 11) is 0. The fourth-order valence-electron chi connectivity index (χ4n) is 1.94. The van der Waals surface area contributed by atoms with Crippen LogP contribution in [0.15, 0.2) is 6.20 Å². The summed E-state index contributed by atoms with van der Waals surface area (Å²) < 4.78 is 7.76. The fourth-order valence-corrected chi connectivity index (χ4v) is 2.35. The van der Waals surface area contributed by atoms with Gasteiger partial charge in [0.15, 0.2) is 5.69 Å². The lowest BCUT2D eigenvalue weighted by molar-refractivity contribution is 0.0864. The Labute approximate surface area is 99.0 Å². The summed E-state index contributed by atoms with van der Waals surface area (Å²) in [5.41, 5.74) is 0.497. The van der Waals surface area contributed by atoms with E-state index in [9.17, 15) is 4.79 Å². The Kier molecular flexibility index (Phi) is 3.20. The SMILES string of the molecule is CC1(C)CNCCC1NC(=O)c1cnsn1. The first-order valence-electron chi connectivity index (χ1n) is 5.39. The van der Waals surface area contributed by atoms with Crippen LogP contribution in [0.2, 0.25) is 0 Å². The average molecular weight is 240 g/mol. The smallest absolute Gasteiger partial charge is 0.272 e. The Morgan fingerprint density at radius 3 is 3.12 bits per heavy atom. The van der Waals surface area contributed by atoms with Crippen molar-refractivity contribution >= 4 is 17.6 Å². The fraction of sp³-hybridized carbons (Fsp3) is 0.700. The van der Waals surface area contributed by atoms with Gasteiger partial charge in [0.2, 0.25) is 0 Å². The number of rotatable bonds is 2. The zero-order valence-corrected chi connectivity index (χ0v) is 10.3. The molecule has 1 unspecified atom stereocenters.